The molecule has 1 unspecified atom stereocenters. The molecule has 1 aliphatic heterocycles. The van der Waals surface area contributed by atoms with Gasteiger partial charge in [-0.25, -0.2) is 4.98 Å². The Bertz CT molecular complexity index is 723. The van der Waals surface area contributed by atoms with Gasteiger partial charge < -0.3 is 14.4 Å². The summed E-state index contributed by atoms with van der Waals surface area (Å²) in [6.07, 6.45) is 6.84. The first-order valence-electron chi connectivity index (χ1n) is 7.24. The molecule has 1 saturated heterocycles. The van der Waals surface area contributed by atoms with E-state index in [1.807, 2.05) is 0 Å². The van der Waals surface area contributed by atoms with Crippen LogP contribution in [0.2, 0.25) is 5.02 Å². The number of halogens is 1. The van der Waals surface area contributed by atoms with Crippen LogP contribution in [-0.4, -0.2) is 43.5 Å². The molecule has 2 aliphatic rings. The van der Waals surface area contributed by atoms with E-state index in [-0.39, 0.29) is 11.9 Å². The smallest absolute Gasteiger partial charge is 0.274 e. The van der Waals surface area contributed by atoms with Gasteiger partial charge in [0.15, 0.2) is 0 Å². The lowest BCUT2D eigenvalue weighted by molar-refractivity contribution is 0.0383. The fourth-order valence-electron chi connectivity index (χ4n) is 3.24. The predicted molar refractivity (Wildman–Crippen MR) is 78.4 cm³/mol. The van der Waals surface area contributed by atoms with E-state index in [1.165, 1.54) is 0 Å². The maximum Gasteiger partial charge on any atom is 0.274 e. The van der Waals surface area contributed by atoms with Crippen LogP contribution in [-0.2, 0) is 0 Å². The molecule has 0 radical (unpaired) electrons. The van der Waals surface area contributed by atoms with E-state index in [4.69, 9.17) is 11.6 Å². The molecule has 2 fully saturated rings. The van der Waals surface area contributed by atoms with Gasteiger partial charge in [0.1, 0.15) is 11.3 Å². The van der Waals surface area contributed by atoms with Crippen molar-refractivity contribution in [1.82, 2.24) is 14.3 Å². The molecule has 0 aromatic carbocycles. The predicted octanol–water partition coefficient (Wildman–Crippen LogP) is 2.12. The highest BCUT2D eigenvalue weighted by atomic mass is 35.5. The molecule has 1 N–H and O–H groups in total. The van der Waals surface area contributed by atoms with Crippen molar-refractivity contribution in [2.24, 2.45) is 0 Å². The van der Waals surface area contributed by atoms with Gasteiger partial charge in [0.2, 0.25) is 0 Å². The second kappa shape index (κ2) is 4.45. The number of aromatic nitrogens is 2. The summed E-state index contributed by atoms with van der Waals surface area (Å²) in [5.74, 6) is -0.0994. The monoisotopic (exact) mass is 305 g/mol. The zero-order valence-electron chi connectivity index (χ0n) is 11.5. The molecule has 110 valence electrons. The lowest BCUT2D eigenvalue weighted by Crippen LogP contribution is -2.44. The topological polar surface area (TPSA) is 57.8 Å². The van der Waals surface area contributed by atoms with Crippen LogP contribution in [0.3, 0.4) is 0 Å². The number of hydrogen-bond donors (Lipinski definition) is 1. The zero-order chi connectivity index (χ0) is 14.6. The average Bonchev–Trinajstić information content (AvgIpc) is 2.94. The molecule has 1 aliphatic carbocycles. The Kier molecular flexibility index (Phi) is 2.78. The molecule has 1 atom stereocenters. The Labute approximate surface area is 127 Å². The number of amides is 1. The van der Waals surface area contributed by atoms with E-state index in [0.29, 0.717) is 22.9 Å². The first-order valence-corrected chi connectivity index (χ1v) is 7.62. The highest BCUT2D eigenvalue weighted by Crippen LogP contribution is 2.44. The summed E-state index contributed by atoms with van der Waals surface area (Å²) in [4.78, 5) is 18.8. The number of carbonyl (C=O) groups is 1. The van der Waals surface area contributed by atoms with Crippen molar-refractivity contribution in [2.45, 2.75) is 37.3 Å². The van der Waals surface area contributed by atoms with Crippen LogP contribution in [0.25, 0.3) is 5.65 Å². The number of likely N-dealkylation sites (tertiary alicyclic amines) is 1. The Hall–Kier alpha value is -1.59. The standard InChI is InChI=1S/C15H16ClN3O2/c16-10-3-4-13-17-11(9-18(13)8-10)14(20)19-7-1-2-12(19)15(21)5-6-15/h3-4,8-9,12,21H,1-2,5-7H2. The first kappa shape index (κ1) is 13.1. The van der Waals surface area contributed by atoms with Crippen LogP contribution < -0.4 is 0 Å². The van der Waals surface area contributed by atoms with Crippen molar-refractivity contribution in [3.05, 3.63) is 35.2 Å². The summed E-state index contributed by atoms with van der Waals surface area (Å²) >= 11 is 5.95. The van der Waals surface area contributed by atoms with Crippen molar-refractivity contribution >= 4 is 23.2 Å². The van der Waals surface area contributed by atoms with Gasteiger partial charge in [-0.1, -0.05) is 11.6 Å². The quantitative estimate of drug-likeness (QED) is 0.924. The highest BCUT2D eigenvalue weighted by molar-refractivity contribution is 6.30. The van der Waals surface area contributed by atoms with Crippen molar-refractivity contribution in [2.75, 3.05) is 6.54 Å². The number of rotatable bonds is 2. The Morgan fingerprint density at radius 1 is 1.38 bits per heavy atom. The van der Waals surface area contributed by atoms with Gasteiger partial charge >= 0.3 is 0 Å². The third-order valence-electron chi connectivity index (χ3n) is 4.53. The van der Waals surface area contributed by atoms with Crippen molar-refractivity contribution in [3.8, 4) is 0 Å². The Balaban J connectivity index is 1.66. The van der Waals surface area contributed by atoms with E-state index in [2.05, 4.69) is 4.98 Å². The SMILES string of the molecule is O=C(c1cn2cc(Cl)ccc2n1)N1CCCC1C1(O)CC1. The minimum atomic E-state index is -0.658. The summed E-state index contributed by atoms with van der Waals surface area (Å²) < 4.78 is 1.76. The van der Waals surface area contributed by atoms with Crippen LogP contribution in [0.15, 0.2) is 24.5 Å². The number of pyridine rings is 1. The minimum absolute atomic E-state index is 0.0570. The molecule has 0 spiro atoms. The van der Waals surface area contributed by atoms with Crippen molar-refractivity contribution in [3.63, 3.8) is 0 Å². The largest absolute Gasteiger partial charge is 0.388 e. The van der Waals surface area contributed by atoms with Crippen molar-refractivity contribution < 1.29 is 9.90 Å². The van der Waals surface area contributed by atoms with E-state index >= 15 is 0 Å². The molecule has 3 heterocycles. The fourth-order valence-corrected chi connectivity index (χ4v) is 3.41. The maximum atomic E-state index is 12.7. The molecular formula is C15H16ClN3O2. The number of aliphatic hydroxyl groups is 1. The maximum absolute atomic E-state index is 12.7. The summed E-state index contributed by atoms with van der Waals surface area (Å²) in [7, 11) is 0. The lowest BCUT2D eigenvalue weighted by atomic mass is 10.1. The van der Waals surface area contributed by atoms with Gasteiger partial charge in [0.25, 0.3) is 5.91 Å². The average molecular weight is 306 g/mol. The number of hydrogen-bond acceptors (Lipinski definition) is 3. The molecule has 0 bridgehead atoms. The summed E-state index contributed by atoms with van der Waals surface area (Å²) in [5.41, 5.74) is 0.450. The molecule has 2 aromatic rings. The normalized spacial score (nSPS) is 23.7. The third-order valence-corrected chi connectivity index (χ3v) is 4.75. The first-order chi connectivity index (χ1) is 10.1. The molecule has 1 amide bonds. The van der Waals surface area contributed by atoms with E-state index in [1.54, 1.807) is 33.8 Å². The summed E-state index contributed by atoms with van der Waals surface area (Å²) in [6.45, 7) is 0.695. The second-order valence-electron chi connectivity index (χ2n) is 6.00. The van der Waals surface area contributed by atoms with Crippen molar-refractivity contribution in [1.29, 1.82) is 0 Å². The number of nitrogens with zero attached hydrogens (tertiary/aromatic N) is 3. The van der Waals surface area contributed by atoms with Gasteiger partial charge in [0, 0.05) is 18.9 Å². The number of carbonyl (C=O) groups excluding carboxylic acids is 1. The van der Waals surface area contributed by atoms with E-state index < -0.39 is 5.60 Å². The third kappa shape index (κ3) is 2.12. The number of fused-ring (bicyclic) bond motifs is 1. The molecule has 2 aromatic heterocycles. The molecule has 1 saturated carbocycles. The van der Waals surface area contributed by atoms with Gasteiger partial charge in [-0.3, -0.25) is 4.79 Å². The molecule has 4 rings (SSSR count). The second-order valence-corrected chi connectivity index (χ2v) is 6.44. The molecular weight excluding hydrogens is 290 g/mol. The summed E-state index contributed by atoms with van der Waals surface area (Å²) in [5, 5.41) is 10.9. The van der Waals surface area contributed by atoms with Crippen LogP contribution >= 0.6 is 11.6 Å². The van der Waals surface area contributed by atoms with Crippen LogP contribution in [0, 0.1) is 0 Å². The minimum Gasteiger partial charge on any atom is -0.388 e. The zero-order valence-corrected chi connectivity index (χ0v) is 12.3. The summed E-state index contributed by atoms with van der Waals surface area (Å²) in [6, 6.07) is 3.48. The van der Waals surface area contributed by atoms with Crippen LogP contribution in [0.5, 0.6) is 0 Å². The fraction of sp³-hybridized carbons (Fsp3) is 0.467. The van der Waals surface area contributed by atoms with Gasteiger partial charge in [0.05, 0.1) is 16.7 Å². The van der Waals surface area contributed by atoms with Crippen LogP contribution in [0.4, 0.5) is 0 Å². The highest BCUT2D eigenvalue weighted by Gasteiger charge is 2.52. The Morgan fingerprint density at radius 2 is 2.19 bits per heavy atom. The number of imidazole rings is 1. The molecule has 6 heteroatoms. The Morgan fingerprint density at radius 3 is 2.95 bits per heavy atom. The molecule has 21 heavy (non-hydrogen) atoms. The van der Waals surface area contributed by atoms with E-state index in [9.17, 15) is 9.90 Å². The van der Waals surface area contributed by atoms with Crippen LogP contribution in [0.1, 0.15) is 36.2 Å². The van der Waals surface area contributed by atoms with Gasteiger partial charge in [-0.05, 0) is 37.8 Å². The molecule has 5 nitrogen and oxygen atoms in total. The van der Waals surface area contributed by atoms with Gasteiger partial charge in [-0.15, -0.1) is 0 Å². The lowest BCUT2D eigenvalue weighted by Gasteiger charge is -2.28. The van der Waals surface area contributed by atoms with Gasteiger partial charge in [-0.2, -0.15) is 0 Å². The van der Waals surface area contributed by atoms with E-state index in [0.717, 1.165) is 25.7 Å².